The van der Waals surface area contributed by atoms with Crippen LogP contribution in [0, 0.1) is 0 Å². The lowest BCUT2D eigenvalue weighted by Gasteiger charge is -2.47. The fourth-order valence-corrected chi connectivity index (χ4v) is 6.03. The molecule has 0 saturated carbocycles. The number of hydrogen-bond acceptors (Lipinski definition) is 5. The minimum atomic E-state index is -2.32. The minimum absolute atomic E-state index is 0.104. The molecule has 2 heterocycles. The van der Waals surface area contributed by atoms with E-state index in [2.05, 4.69) is 43.8 Å². The fourth-order valence-electron chi connectivity index (χ4n) is 2.80. The lowest BCUT2D eigenvalue weighted by Crippen LogP contribution is -2.66. The van der Waals surface area contributed by atoms with Crippen LogP contribution in [0.15, 0.2) is 0 Å². The maximum absolute atomic E-state index is 6.41. The van der Waals surface area contributed by atoms with Crippen LogP contribution in [0.5, 0.6) is 0 Å². The van der Waals surface area contributed by atoms with E-state index in [0.29, 0.717) is 13.2 Å². The first-order valence-electron chi connectivity index (χ1n) is 7.20. The zero-order valence-electron chi connectivity index (χ0n) is 12.9. The van der Waals surface area contributed by atoms with Gasteiger partial charge in [0, 0.05) is 26.2 Å². The van der Waals surface area contributed by atoms with E-state index in [1.807, 2.05) is 0 Å². The molecule has 5 nitrogen and oxygen atoms in total. The average Bonchev–Trinajstić information content (AvgIpc) is 2.26. The van der Waals surface area contributed by atoms with Gasteiger partial charge in [-0.3, -0.25) is 4.57 Å². The highest BCUT2D eigenvalue weighted by molar-refractivity contribution is 6.63. The van der Waals surface area contributed by atoms with Crippen LogP contribution in [0.4, 0.5) is 0 Å². The lowest BCUT2D eigenvalue weighted by molar-refractivity contribution is -0.0954. The van der Waals surface area contributed by atoms with Gasteiger partial charge in [0.15, 0.2) is 0 Å². The zero-order chi connectivity index (χ0) is 14.1. The first kappa shape index (κ1) is 15.4. The first-order chi connectivity index (χ1) is 8.81. The van der Waals surface area contributed by atoms with Gasteiger partial charge in [0.1, 0.15) is 0 Å². The zero-order valence-corrected chi connectivity index (χ0v) is 13.9. The highest BCUT2D eigenvalue weighted by Gasteiger charge is 2.47. The van der Waals surface area contributed by atoms with Gasteiger partial charge < -0.3 is 18.5 Å². The third-order valence-corrected chi connectivity index (χ3v) is 7.13. The smallest absolute Gasteiger partial charge is 0.377 e. The molecule has 2 aliphatic rings. The molecule has 0 radical (unpaired) electrons. The minimum Gasteiger partial charge on any atom is -0.377 e. The average molecular weight is 288 g/mol. The SMILES string of the molecule is CC1COCC(C)(C)O[Si](C)(N2CCN(C)CC2)O1. The van der Waals surface area contributed by atoms with E-state index in [1.165, 1.54) is 0 Å². The van der Waals surface area contributed by atoms with Gasteiger partial charge in [-0.2, -0.15) is 0 Å². The molecule has 112 valence electrons. The van der Waals surface area contributed by atoms with Crippen molar-refractivity contribution in [3.63, 3.8) is 0 Å². The third-order valence-electron chi connectivity index (χ3n) is 3.77. The summed E-state index contributed by atoms with van der Waals surface area (Å²) in [6.45, 7) is 14.0. The Bertz CT molecular complexity index is 308. The predicted octanol–water partition coefficient (Wildman–Crippen LogP) is 1.03. The van der Waals surface area contributed by atoms with Crippen molar-refractivity contribution in [2.24, 2.45) is 0 Å². The molecule has 0 N–H and O–H groups in total. The second-order valence-electron chi connectivity index (χ2n) is 6.49. The molecule has 2 fully saturated rings. The van der Waals surface area contributed by atoms with Crippen LogP contribution >= 0.6 is 0 Å². The van der Waals surface area contributed by atoms with E-state index in [1.54, 1.807) is 0 Å². The molecule has 0 aliphatic carbocycles. The number of ether oxygens (including phenoxy) is 1. The second-order valence-corrected chi connectivity index (χ2v) is 9.36. The molecule has 19 heavy (non-hydrogen) atoms. The molecule has 2 saturated heterocycles. The van der Waals surface area contributed by atoms with E-state index in [0.717, 1.165) is 26.2 Å². The summed E-state index contributed by atoms with van der Waals surface area (Å²) < 4.78 is 20.8. The van der Waals surface area contributed by atoms with Crippen molar-refractivity contribution < 1.29 is 13.6 Å². The molecule has 0 amide bonds. The quantitative estimate of drug-likeness (QED) is 0.673. The third kappa shape index (κ3) is 3.99. The lowest BCUT2D eigenvalue weighted by atomic mass is 10.2. The molecule has 0 aromatic carbocycles. The Kier molecular flexibility index (Phi) is 4.70. The number of likely N-dealkylation sites (N-methyl/N-ethyl adjacent to an activating group) is 1. The summed E-state index contributed by atoms with van der Waals surface area (Å²) in [6, 6.07) is 0. The van der Waals surface area contributed by atoms with Crippen molar-refractivity contribution in [2.75, 3.05) is 46.4 Å². The molecule has 6 heteroatoms. The largest absolute Gasteiger partial charge is 0.425 e. The molecule has 2 aliphatic heterocycles. The van der Waals surface area contributed by atoms with Crippen molar-refractivity contribution in [3.8, 4) is 0 Å². The van der Waals surface area contributed by atoms with Gasteiger partial charge >= 0.3 is 8.72 Å². The first-order valence-corrected chi connectivity index (χ1v) is 9.46. The summed E-state index contributed by atoms with van der Waals surface area (Å²) in [5.74, 6) is 0. The number of piperazine rings is 1. The summed E-state index contributed by atoms with van der Waals surface area (Å²) in [6.07, 6.45) is 0.104. The Hall–Kier alpha value is 0.0169. The number of hydrogen-bond donors (Lipinski definition) is 0. The molecule has 0 aromatic rings. The van der Waals surface area contributed by atoms with Crippen LogP contribution in [0.1, 0.15) is 20.8 Å². The highest BCUT2D eigenvalue weighted by atomic mass is 28.4. The van der Waals surface area contributed by atoms with Gasteiger partial charge in [0.05, 0.1) is 24.9 Å². The predicted molar refractivity (Wildman–Crippen MR) is 77.2 cm³/mol. The van der Waals surface area contributed by atoms with Crippen LogP contribution in [0.25, 0.3) is 0 Å². The summed E-state index contributed by atoms with van der Waals surface area (Å²) >= 11 is 0. The van der Waals surface area contributed by atoms with Gasteiger partial charge in [-0.1, -0.05) is 0 Å². The molecule has 0 spiro atoms. The second kappa shape index (κ2) is 5.79. The maximum Gasteiger partial charge on any atom is 0.425 e. The topological polar surface area (TPSA) is 34.2 Å². The van der Waals surface area contributed by atoms with Gasteiger partial charge in [-0.05, 0) is 34.4 Å². The molecule has 2 rings (SSSR count). The normalized spacial score (nSPS) is 38.7. The van der Waals surface area contributed by atoms with Crippen molar-refractivity contribution in [1.29, 1.82) is 0 Å². The highest BCUT2D eigenvalue weighted by Crippen LogP contribution is 2.26. The van der Waals surface area contributed by atoms with Gasteiger partial charge in [0.25, 0.3) is 0 Å². The monoisotopic (exact) mass is 288 g/mol. The Morgan fingerprint density at radius 2 is 1.79 bits per heavy atom. The standard InChI is InChI=1S/C13H28N2O3Si/c1-12-10-16-11-13(2,3)18-19(5,17-12)15-8-6-14(4)7-9-15/h12H,6-11H2,1-5H3. The number of rotatable bonds is 1. The van der Waals surface area contributed by atoms with E-state index in [9.17, 15) is 0 Å². The van der Waals surface area contributed by atoms with Gasteiger partial charge in [0.2, 0.25) is 0 Å². The summed E-state index contributed by atoms with van der Waals surface area (Å²) in [7, 11) is -0.152. The Morgan fingerprint density at radius 3 is 2.42 bits per heavy atom. The van der Waals surface area contributed by atoms with E-state index in [-0.39, 0.29) is 11.7 Å². The summed E-state index contributed by atoms with van der Waals surface area (Å²) in [4.78, 5) is 2.36. The van der Waals surface area contributed by atoms with Crippen molar-refractivity contribution in [1.82, 2.24) is 9.47 Å². The Balaban J connectivity index is 2.11. The van der Waals surface area contributed by atoms with Crippen LogP contribution in [-0.4, -0.2) is 76.3 Å². The van der Waals surface area contributed by atoms with E-state index < -0.39 is 8.72 Å². The Labute approximate surface area is 118 Å². The molecule has 0 aromatic heterocycles. The van der Waals surface area contributed by atoms with Crippen LogP contribution in [0.2, 0.25) is 6.55 Å². The molecular weight excluding hydrogens is 260 g/mol. The van der Waals surface area contributed by atoms with Gasteiger partial charge in [-0.15, -0.1) is 0 Å². The Morgan fingerprint density at radius 1 is 1.16 bits per heavy atom. The van der Waals surface area contributed by atoms with Crippen LogP contribution in [0.3, 0.4) is 0 Å². The van der Waals surface area contributed by atoms with Crippen LogP contribution in [-0.2, 0) is 13.6 Å². The van der Waals surface area contributed by atoms with E-state index >= 15 is 0 Å². The molecule has 2 unspecified atom stereocenters. The van der Waals surface area contributed by atoms with Crippen molar-refractivity contribution >= 4 is 8.72 Å². The maximum atomic E-state index is 6.41. The summed E-state index contributed by atoms with van der Waals surface area (Å²) in [5.41, 5.74) is -0.273. The van der Waals surface area contributed by atoms with Crippen LogP contribution < -0.4 is 0 Å². The van der Waals surface area contributed by atoms with Crippen molar-refractivity contribution in [3.05, 3.63) is 0 Å². The summed E-state index contributed by atoms with van der Waals surface area (Å²) in [5, 5.41) is 0. The molecular formula is C13H28N2O3Si. The molecule has 2 atom stereocenters. The van der Waals surface area contributed by atoms with E-state index in [4.69, 9.17) is 13.6 Å². The number of nitrogens with zero attached hydrogens (tertiary/aromatic N) is 2. The molecule has 0 bridgehead atoms. The van der Waals surface area contributed by atoms with Crippen molar-refractivity contribution in [2.45, 2.75) is 39.0 Å². The fraction of sp³-hybridized carbons (Fsp3) is 1.00. The van der Waals surface area contributed by atoms with Gasteiger partial charge in [-0.25, -0.2) is 0 Å².